The van der Waals surface area contributed by atoms with Gasteiger partial charge in [0, 0.05) is 0 Å². The molecule has 0 radical (unpaired) electrons. The number of allylic oxidation sites excluding steroid dienone is 1. The van der Waals surface area contributed by atoms with Crippen LogP contribution in [0.1, 0.15) is 31.4 Å². The Kier molecular flexibility index (Phi) is 6.14. The Morgan fingerprint density at radius 2 is 0.903 bits per heavy atom. The van der Waals surface area contributed by atoms with E-state index in [1.165, 1.54) is 34.6 Å². The first-order valence-corrected chi connectivity index (χ1v) is 17.8. The zero-order chi connectivity index (χ0) is 20.9. The molecule has 4 aromatic rings. The summed E-state index contributed by atoms with van der Waals surface area (Å²) in [6.45, 7) is 0. The molecule has 0 saturated heterocycles. The van der Waals surface area contributed by atoms with Gasteiger partial charge in [-0.05, 0) is 0 Å². The molecule has 0 spiro atoms. The van der Waals surface area contributed by atoms with Crippen LogP contribution in [0.15, 0.2) is 121 Å². The van der Waals surface area contributed by atoms with Gasteiger partial charge in [0.2, 0.25) is 0 Å². The first-order valence-electron chi connectivity index (χ1n) is 11.2. The molecule has 5 rings (SSSR count). The second-order valence-corrected chi connectivity index (χ2v) is 19.6. The van der Waals surface area contributed by atoms with Crippen LogP contribution >= 0.6 is 0 Å². The predicted octanol–water partition coefficient (Wildman–Crippen LogP) is 7.51. The minimum atomic E-state index is -2.93. The Morgan fingerprint density at radius 1 is 0.484 bits per heavy atom. The molecule has 1 aliphatic rings. The minimum absolute atomic E-state index is 0.589. The Balaban J connectivity index is 1.65. The van der Waals surface area contributed by atoms with E-state index in [1.54, 1.807) is 5.56 Å². The van der Waals surface area contributed by atoms with Crippen molar-refractivity contribution in [2.75, 3.05) is 0 Å². The molecule has 0 bridgehead atoms. The summed E-state index contributed by atoms with van der Waals surface area (Å²) in [6.07, 6.45) is 4.93. The van der Waals surface area contributed by atoms with Crippen LogP contribution in [0.5, 0.6) is 0 Å². The van der Waals surface area contributed by atoms with Crippen LogP contribution in [0.3, 0.4) is 0 Å². The molecular formula is C30H28Zr. The van der Waals surface area contributed by atoms with Gasteiger partial charge in [0.05, 0.1) is 0 Å². The molecule has 0 fully saturated rings. The quantitative estimate of drug-likeness (QED) is 0.257. The zero-order valence-corrected chi connectivity index (χ0v) is 20.3. The zero-order valence-electron chi connectivity index (χ0n) is 17.8. The van der Waals surface area contributed by atoms with E-state index < -0.39 is 20.3 Å². The van der Waals surface area contributed by atoms with E-state index in [1.807, 2.05) is 0 Å². The van der Waals surface area contributed by atoms with Crippen LogP contribution < -0.4 is 0 Å². The van der Waals surface area contributed by atoms with Gasteiger partial charge in [-0.25, -0.2) is 0 Å². The topological polar surface area (TPSA) is 0 Å². The third-order valence-corrected chi connectivity index (χ3v) is 19.3. The van der Waals surface area contributed by atoms with Crippen LogP contribution in [0.4, 0.5) is 0 Å². The molecule has 0 nitrogen and oxygen atoms in total. The summed E-state index contributed by atoms with van der Waals surface area (Å²) in [5.74, 6) is 0. The van der Waals surface area contributed by atoms with Crippen LogP contribution in [0, 0.1) is 0 Å². The second kappa shape index (κ2) is 9.33. The van der Waals surface area contributed by atoms with Gasteiger partial charge in [0.15, 0.2) is 0 Å². The van der Waals surface area contributed by atoms with Gasteiger partial charge in [0.25, 0.3) is 0 Å². The fourth-order valence-corrected chi connectivity index (χ4v) is 19.1. The average Bonchev–Trinajstić information content (AvgIpc) is 3.26. The van der Waals surface area contributed by atoms with E-state index in [2.05, 4.69) is 127 Å². The van der Waals surface area contributed by atoms with E-state index in [4.69, 9.17) is 0 Å². The van der Waals surface area contributed by atoms with Crippen molar-refractivity contribution in [1.29, 1.82) is 0 Å². The maximum atomic E-state index is 2.55. The fraction of sp³-hybridized carbons (Fsp3) is 0.133. The number of rotatable bonds is 7. The van der Waals surface area contributed by atoms with Crippen molar-refractivity contribution in [1.82, 2.24) is 0 Å². The molecule has 0 aromatic heterocycles. The predicted molar refractivity (Wildman–Crippen MR) is 129 cm³/mol. The molecular weight excluding hydrogens is 452 g/mol. The Labute approximate surface area is 190 Å². The molecule has 31 heavy (non-hydrogen) atoms. The van der Waals surface area contributed by atoms with E-state index in [9.17, 15) is 0 Å². The summed E-state index contributed by atoms with van der Waals surface area (Å²) in [5, 5.41) is 0. The van der Waals surface area contributed by atoms with Crippen LogP contribution in [-0.2, 0) is 32.7 Å². The molecule has 152 valence electrons. The first kappa shape index (κ1) is 20.4. The molecule has 0 N–H and O–H groups in total. The van der Waals surface area contributed by atoms with Gasteiger partial charge < -0.3 is 0 Å². The van der Waals surface area contributed by atoms with Gasteiger partial charge in [-0.1, -0.05) is 0 Å². The summed E-state index contributed by atoms with van der Waals surface area (Å²) in [4.78, 5) is 0. The van der Waals surface area contributed by atoms with Gasteiger partial charge in [-0.2, -0.15) is 0 Å². The van der Waals surface area contributed by atoms with Gasteiger partial charge in [-0.15, -0.1) is 0 Å². The third-order valence-electron chi connectivity index (χ3n) is 6.66. The van der Waals surface area contributed by atoms with E-state index >= 15 is 0 Å². The normalized spacial score (nSPS) is 15.0. The van der Waals surface area contributed by atoms with E-state index in [0.717, 1.165) is 0 Å². The molecule has 0 aliphatic heterocycles. The number of fused-ring (bicyclic) bond motifs is 1. The molecule has 1 aliphatic carbocycles. The van der Waals surface area contributed by atoms with Crippen molar-refractivity contribution in [3.05, 3.63) is 149 Å². The van der Waals surface area contributed by atoms with Crippen molar-refractivity contribution >= 4 is 6.08 Å². The number of hydrogen-bond donors (Lipinski definition) is 0. The second-order valence-electron chi connectivity index (χ2n) is 8.82. The molecule has 0 amide bonds. The van der Waals surface area contributed by atoms with Gasteiger partial charge in [0.1, 0.15) is 0 Å². The van der Waals surface area contributed by atoms with Crippen molar-refractivity contribution in [2.45, 2.75) is 16.0 Å². The van der Waals surface area contributed by atoms with Gasteiger partial charge in [-0.3, -0.25) is 0 Å². The summed E-state index contributed by atoms with van der Waals surface area (Å²) in [7, 11) is 0. The summed E-state index contributed by atoms with van der Waals surface area (Å²) in [6, 6.07) is 42.7. The Hall–Kier alpha value is -2.50. The average molecular weight is 480 g/mol. The molecule has 1 unspecified atom stereocenters. The molecule has 0 saturated carbocycles. The van der Waals surface area contributed by atoms with Crippen molar-refractivity contribution in [3.8, 4) is 0 Å². The van der Waals surface area contributed by atoms with Gasteiger partial charge >= 0.3 is 192 Å². The summed E-state index contributed by atoms with van der Waals surface area (Å²) >= 11 is -2.93. The fourth-order valence-electron chi connectivity index (χ4n) is 5.31. The van der Waals surface area contributed by atoms with Crippen LogP contribution in [0.25, 0.3) is 6.08 Å². The molecule has 1 atom stereocenters. The summed E-state index contributed by atoms with van der Waals surface area (Å²) in [5.41, 5.74) is 7.48. The van der Waals surface area contributed by atoms with E-state index in [0.29, 0.717) is 3.63 Å². The molecule has 4 aromatic carbocycles. The third kappa shape index (κ3) is 4.58. The van der Waals surface area contributed by atoms with Crippen LogP contribution in [0.2, 0.25) is 0 Å². The maximum absolute atomic E-state index is 2.93. The van der Waals surface area contributed by atoms with Crippen molar-refractivity contribution < 1.29 is 20.3 Å². The molecule has 1 heteroatoms. The Bertz CT molecular complexity index is 1050. The summed E-state index contributed by atoms with van der Waals surface area (Å²) < 4.78 is 4.35. The first-order chi connectivity index (χ1) is 15.3. The number of benzene rings is 4. The van der Waals surface area contributed by atoms with E-state index in [-0.39, 0.29) is 0 Å². The monoisotopic (exact) mass is 478 g/mol. The van der Waals surface area contributed by atoms with Crippen LogP contribution in [-0.4, -0.2) is 0 Å². The Morgan fingerprint density at radius 3 is 1.39 bits per heavy atom. The standard InChI is InChI=1S/C9H7.3C7H7.Zr/c1-2-5-9-7-3-6-8(9)4-1;3*1-7-5-3-2-4-6-7;/h1-7H;3*2-6H,1H2;. The number of hydrogen-bond acceptors (Lipinski definition) is 0. The molecule has 0 heterocycles. The van der Waals surface area contributed by atoms with Crippen molar-refractivity contribution in [3.63, 3.8) is 0 Å². The van der Waals surface area contributed by atoms with Crippen molar-refractivity contribution in [2.24, 2.45) is 0 Å². The SMILES string of the molecule is C1=C[CH]([Zr]([CH2]c2ccccc2)([CH2]c2ccccc2)[CH2]c2ccccc2)c2ccccc21.